The normalized spacial score (nSPS) is 11.8. The van der Waals surface area contributed by atoms with Crippen molar-refractivity contribution in [3.63, 3.8) is 0 Å². The van der Waals surface area contributed by atoms with Gasteiger partial charge in [-0.2, -0.15) is 5.10 Å². The van der Waals surface area contributed by atoms with Crippen molar-refractivity contribution in [2.75, 3.05) is 0 Å². The van der Waals surface area contributed by atoms with Crippen molar-refractivity contribution in [2.45, 2.75) is 32.9 Å². The van der Waals surface area contributed by atoms with Gasteiger partial charge in [0.25, 0.3) is 0 Å². The highest BCUT2D eigenvalue weighted by atomic mass is 16.2. The van der Waals surface area contributed by atoms with Crippen LogP contribution in [-0.2, 0) is 13.0 Å². The lowest BCUT2D eigenvalue weighted by molar-refractivity contribution is 0.237. The number of benzene rings is 1. The zero-order chi connectivity index (χ0) is 18.4. The molecule has 0 saturated carbocycles. The van der Waals surface area contributed by atoms with Crippen LogP contribution in [0.2, 0.25) is 0 Å². The lowest BCUT2D eigenvalue weighted by Crippen LogP contribution is -2.41. The van der Waals surface area contributed by atoms with E-state index in [2.05, 4.69) is 26.8 Å². The molecule has 0 spiro atoms. The van der Waals surface area contributed by atoms with E-state index < -0.39 is 0 Å². The quantitative estimate of drug-likeness (QED) is 0.718. The number of nitrogens with one attached hydrogen (secondary N) is 2. The van der Waals surface area contributed by atoms with Crippen molar-refractivity contribution < 1.29 is 4.79 Å². The molecule has 0 fully saturated rings. The molecule has 2 N–H and O–H groups in total. The van der Waals surface area contributed by atoms with E-state index in [4.69, 9.17) is 0 Å². The predicted octanol–water partition coefficient (Wildman–Crippen LogP) is 3.01. The van der Waals surface area contributed by atoms with E-state index in [1.54, 1.807) is 12.4 Å². The van der Waals surface area contributed by atoms with Crippen LogP contribution in [0.4, 0.5) is 4.79 Å². The van der Waals surface area contributed by atoms with Gasteiger partial charge in [-0.1, -0.05) is 24.3 Å². The van der Waals surface area contributed by atoms with Crippen LogP contribution in [0.1, 0.15) is 23.9 Å². The van der Waals surface area contributed by atoms with Crippen LogP contribution in [-0.4, -0.2) is 26.8 Å². The first-order valence-corrected chi connectivity index (χ1v) is 8.66. The number of aromatic nitrogens is 3. The van der Waals surface area contributed by atoms with Crippen LogP contribution in [0.5, 0.6) is 0 Å². The molecule has 3 rings (SSSR count). The van der Waals surface area contributed by atoms with Gasteiger partial charge in [-0.15, -0.1) is 0 Å². The van der Waals surface area contributed by atoms with E-state index in [1.165, 1.54) is 0 Å². The Balaban J connectivity index is 1.58. The lowest BCUT2D eigenvalue weighted by atomic mass is 10.1. The molecule has 3 aromatic rings. The van der Waals surface area contributed by atoms with Crippen molar-refractivity contribution in [3.8, 4) is 5.69 Å². The topological polar surface area (TPSA) is 71.8 Å². The first-order valence-electron chi connectivity index (χ1n) is 8.66. The number of carbonyl (C=O) groups excluding carboxylic acids is 1. The van der Waals surface area contributed by atoms with Gasteiger partial charge in [-0.05, 0) is 43.7 Å². The van der Waals surface area contributed by atoms with Crippen molar-refractivity contribution in [1.82, 2.24) is 25.4 Å². The molecule has 2 aromatic heterocycles. The molecule has 1 atom stereocenters. The van der Waals surface area contributed by atoms with Crippen molar-refractivity contribution in [3.05, 3.63) is 77.9 Å². The van der Waals surface area contributed by atoms with Crippen LogP contribution in [0.3, 0.4) is 0 Å². The van der Waals surface area contributed by atoms with Crippen LogP contribution >= 0.6 is 0 Å². The lowest BCUT2D eigenvalue weighted by Gasteiger charge is -2.15. The molecule has 0 aliphatic carbocycles. The third-order valence-electron chi connectivity index (χ3n) is 3.97. The molecule has 1 aromatic carbocycles. The highest BCUT2D eigenvalue weighted by Gasteiger charge is 2.13. The standard InChI is InChI=1S/C20H23N5O/c1-15(23-20(26)22-14-17-7-6-10-21-13-17)11-19-12-16(2)24-25(19)18-8-4-3-5-9-18/h3-10,12-13,15H,11,14H2,1-2H3,(H2,22,23,26)/t15-/m1/s1. The molecule has 26 heavy (non-hydrogen) atoms. The zero-order valence-electron chi connectivity index (χ0n) is 15.0. The Morgan fingerprint density at radius 1 is 1.19 bits per heavy atom. The number of rotatable bonds is 6. The van der Waals surface area contributed by atoms with Gasteiger partial charge in [0.1, 0.15) is 0 Å². The maximum absolute atomic E-state index is 12.1. The minimum absolute atomic E-state index is 0.0255. The van der Waals surface area contributed by atoms with Crippen LogP contribution in [0.25, 0.3) is 5.69 Å². The molecule has 0 aliphatic rings. The first kappa shape index (κ1) is 17.7. The molecule has 0 saturated heterocycles. The summed E-state index contributed by atoms with van der Waals surface area (Å²) >= 11 is 0. The Bertz CT molecular complexity index is 845. The average Bonchev–Trinajstić information content (AvgIpc) is 3.01. The Hall–Kier alpha value is -3.15. The number of hydrogen-bond acceptors (Lipinski definition) is 3. The van der Waals surface area contributed by atoms with E-state index in [0.29, 0.717) is 13.0 Å². The van der Waals surface area contributed by atoms with Gasteiger partial charge in [0, 0.05) is 37.1 Å². The molecule has 0 radical (unpaired) electrons. The summed E-state index contributed by atoms with van der Waals surface area (Å²) in [6.07, 6.45) is 4.14. The molecule has 0 unspecified atom stereocenters. The maximum Gasteiger partial charge on any atom is 0.315 e. The Morgan fingerprint density at radius 3 is 2.73 bits per heavy atom. The van der Waals surface area contributed by atoms with Crippen LogP contribution < -0.4 is 10.6 Å². The van der Waals surface area contributed by atoms with Crippen LogP contribution in [0.15, 0.2) is 60.9 Å². The number of para-hydroxylation sites is 1. The predicted molar refractivity (Wildman–Crippen MR) is 101 cm³/mol. The summed E-state index contributed by atoms with van der Waals surface area (Å²) in [5.41, 5.74) is 4.00. The van der Waals surface area contributed by atoms with Crippen molar-refractivity contribution in [2.24, 2.45) is 0 Å². The first-order chi connectivity index (χ1) is 12.6. The molecule has 0 bridgehead atoms. The van der Waals surface area contributed by atoms with E-state index in [9.17, 15) is 4.79 Å². The van der Waals surface area contributed by atoms with Crippen LogP contribution in [0, 0.1) is 6.92 Å². The van der Waals surface area contributed by atoms with E-state index in [-0.39, 0.29) is 12.1 Å². The fourth-order valence-electron chi connectivity index (χ4n) is 2.82. The minimum atomic E-state index is -0.191. The van der Waals surface area contributed by atoms with Crippen molar-refractivity contribution in [1.29, 1.82) is 0 Å². The second-order valence-corrected chi connectivity index (χ2v) is 6.32. The van der Waals surface area contributed by atoms with Gasteiger partial charge >= 0.3 is 6.03 Å². The Labute approximate surface area is 153 Å². The number of amides is 2. The summed E-state index contributed by atoms with van der Waals surface area (Å²) in [4.78, 5) is 16.2. The van der Waals surface area contributed by atoms with Gasteiger partial charge in [-0.3, -0.25) is 4.98 Å². The number of pyridine rings is 1. The monoisotopic (exact) mass is 349 g/mol. The van der Waals surface area contributed by atoms with E-state index in [1.807, 2.05) is 61.0 Å². The molecular weight excluding hydrogens is 326 g/mol. The summed E-state index contributed by atoms with van der Waals surface area (Å²) in [6, 6.07) is 15.6. The smallest absolute Gasteiger partial charge is 0.315 e. The molecule has 2 amide bonds. The molecule has 2 heterocycles. The fraction of sp³-hybridized carbons (Fsp3) is 0.250. The van der Waals surface area contributed by atoms with Gasteiger partial charge in [0.05, 0.1) is 11.4 Å². The van der Waals surface area contributed by atoms with Crippen molar-refractivity contribution >= 4 is 6.03 Å². The number of urea groups is 1. The molecule has 134 valence electrons. The largest absolute Gasteiger partial charge is 0.335 e. The third-order valence-corrected chi connectivity index (χ3v) is 3.97. The van der Waals surface area contributed by atoms with Gasteiger partial charge in [0.2, 0.25) is 0 Å². The second-order valence-electron chi connectivity index (χ2n) is 6.32. The summed E-state index contributed by atoms with van der Waals surface area (Å²) in [5.74, 6) is 0. The molecule has 6 heteroatoms. The summed E-state index contributed by atoms with van der Waals surface area (Å²) < 4.78 is 1.93. The summed E-state index contributed by atoms with van der Waals surface area (Å²) in [6.45, 7) is 4.41. The number of nitrogens with zero attached hydrogens (tertiary/aromatic N) is 3. The summed E-state index contributed by atoms with van der Waals surface area (Å²) in [5, 5.41) is 10.4. The highest BCUT2D eigenvalue weighted by Crippen LogP contribution is 2.14. The van der Waals surface area contributed by atoms with Gasteiger partial charge in [-0.25, -0.2) is 9.48 Å². The zero-order valence-corrected chi connectivity index (χ0v) is 15.0. The van der Waals surface area contributed by atoms with Gasteiger partial charge in [0.15, 0.2) is 0 Å². The maximum atomic E-state index is 12.1. The highest BCUT2D eigenvalue weighted by molar-refractivity contribution is 5.74. The molecular formula is C20H23N5O. The Kier molecular flexibility index (Phi) is 5.63. The molecule has 0 aliphatic heterocycles. The third kappa shape index (κ3) is 4.69. The van der Waals surface area contributed by atoms with E-state index >= 15 is 0 Å². The Morgan fingerprint density at radius 2 is 2.00 bits per heavy atom. The molecule has 6 nitrogen and oxygen atoms in total. The minimum Gasteiger partial charge on any atom is -0.335 e. The average molecular weight is 349 g/mol. The number of hydrogen-bond donors (Lipinski definition) is 2. The van der Waals surface area contributed by atoms with E-state index in [0.717, 1.165) is 22.6 Å². The SMILES string of the molecule is Cc1cc(C[C@@H](C)NC(=O)NCc2cccnc2)n(-c2ccccc2)n1. The summed E-state index contributed by atoms with van der Waals surface area (Å²) in [7, 11) is 0. The number of carbonyl (C=O) groups is 1. The second kappa shape index (κ2) is 8.29. The number of aryl methyl sites for hydroxylation is 1. The van der Waals surface area contributed by atoms with Gasteiger partial charge < -0.3 is 10.6 Å². The fourth-order valence-corrected chi connectivity index (χ4v) is 2.82.